The molecule has 0 aliphatic carbocycles. The minimum Gasteiger partial charge on any atom is -0.471 e. The van der Waals surface area contributed by atoms with Crippen LogP contribution in [0.5, 0.6) is 5.88 Å². The lowest BCUT2D eigenvalue weighted by Gasteiger charge is -2.25. The predicted molar refractivity (Wildman–Crippen MR) is 85.2 cm³/mol. The van der Waals surface area contributed by atoms with Crippen molar-refractivity contribution in [3.63, 3.8) is 0 Å². The number of rotatable bonds is 3. The van der Waals surface area contributed by atoms with Crippen LogP contribution in [0.4, 0.5) is 10.6 Å². The number of carbonyl (C=O) groups is 1. The third-order valence-electron chi connectivity index (χ3n) is 3.26. The van der Waals surface area contributed by atoms with Gasteiger partial charge in [-0.1, -0.05) is 0 Å². The van der Waals surface area contributed by atoms with Crippen molar-refractivity contribution in [1.82, 2.24) is 20.2 Å². The summed E-state index contributed by atoms with van der Waals surface area (Å²) in [4.78, 5) is 24.3. The third-order valence-corrected chi connectivity index (χ3v) is 3.26. The Hall–Kier alpha value is -2.05. The molecule has 7 nitrogen and oxygen atoms in total. The van der Waals surface area contributed by atoms with E-state index in [0.29, 0.717) is 19.0 Å². The van der Waals surface area contributed by atoms with E-state index in [1.807, 2.05) is 39.8 Å². The Morgan fingerprint density at radius 1 is 1.41 bits per heavy atom. The maximum Gasteiger partial charge on any atom is 0.317 e. The van der Waals surface area contributed by atoms with Gasteiger partial charge in [0.2, 0.25) is 5.88 Å². The summed E-state index contributed by atoms with van der Waals surface area (Å²) >= 11 is 0. The number of carbonyl (C=O) groups excluding carboxylic acids is 1. The lowest BCUT2D eigenvalue weighted by atomic mass is 10.1. The molecule has 1 aliphatic rings. The summed E-state index contributed by atoms with van der Waals surface area (Å²) in [5.41, 5.74) is -0.235. The van der Waals surface area contributed by atoms with Crippen molar-refractivity contribution < 1.29 is 9.53 Å². The predicted octanol–water partition coefficient (Wildman–Crippen LogP) is 1.50. The molecule has 0 aromatic carbocycles. The normalized spacial score (nSPS) is 18.2. The van der Waals surface area contributed by atoms with Gasteiger partial charge in [0.25, 0.3) is 0 Å². The molecule has 0 spiro atoms. The molecule has 1 aromatic rings. The molecule has 1 saturated heterocycles. The Labute approximate surface area is 131 Å². The lowest BCUT2D eigenvalue weighted by Crippen LogP contribution is -2.48. The van der Waals surface area contributed by atoms with Gasteiger partial charge in [0.05, 0.1) is 18.9 Å². The van der Waals surface area contributed by atoms with E-state index in [0.717, 1.165) is 12.2 Å². The number of urea groups is 1. The van der Waals surface area contributed by atoms with Crippen LogP contribution in [0.15, 0.2) is 12.4 Å². The monoisotopic (exact) mass is 307 g/mol. The number of amides is 2. The first-order valence-electron chi connectivity index (χ1n) is 7.48. The van der Waals surface area contributed by atoms with Gasteiger partial charge in [-0.05, 0) is 20.8 Å². The van der Waals surface area contributed by atoms with Crippen LogP contribution in [0.3, 0.4) is 0 Å². The van der Waals surface area contributed by atoms with Gasteiger partial charge in [-0.2, -0.15) is 4.98 Å². The van der Waals surface area contributed by atoms with Crippen molar-refractivity contribution >= 4 is 11.8 Å². The molecule has 0 saturated carbocycles. The van der Waals surface area contributed by atoms with E-state index in [1.54, 1.807) is 17.3 Å². The minimum atomic E-state index is -0.235. The number of nitrogens with one attached hydrogen (secondary N) is 1. The second kappa shape index (κ2) is 6.37. The van der Waals surface area contributed by atoms with Crippen molar-refractivity contribution in [3.05, 3.63) is 12.4 Å². The molecule has 7 heteroatoms. The highest BCUT2D eigenvalue weighted by atomic mass is 16.5. The summed E-state index contributed by atoms with van der Waals surface area (Å²) in [6.45, 7) is 7.16. The van der Waals surface area contributed by atoms with E-state index in [-0.39, 0.29) is 17.7 Å². The van der Waals surface area contributed by atoms with Crippen molar-refractivity contribution in [3.8, 4) is 5.88 Å². The van der Waals surface area contributed by atoms with Gasteiger partial charge < -0.3 is 19.9 Å². The lowest BCUT2D eigenvalue weighted by molar-refractivity contribution is 0.177. The first-order chi connectivity index (χ1) is 10.2. The highest BCUT2D eigenvalue weighted by Gasteiger charge is 2.29. The third kappa shape index (κ3) is 4.47. The van der Waals surface area contributed by atoms with E-state index < -0.39 is 0 Å². The van der Waals surface area contributed by atoms with Crippen LogP contribution in [0.2, 0.25) is 0 Å². The SMILES string of the molecule is CN(C)c1cncc(OC2CCN(C(=O)NC(C)(C)C)C2)n1. The van der Waals surface area contributed by atoms with E-state index in [2.05, 4.69) is 15.3 Å². The quantitative estimate of drug-likeness (QED) is 0.916. The van der Waals surface area contributed by atoms with E-state index in [4.69, 9.17) is 4.74 Å². The molecule has 1 fully saturated rings. The Morgan fingerprint density at radius 3 is 2.77 bits per heavy atom. The standard InChI is InChI=1S/C15H25N5O2/c1-15(2,3)18-14(21)20-7-6-11(10-20)22-13-9-16-8-12(17-13)19(4)5/h8-9,11H,6-7,10H2,1-5H3,(H,18,21). The smallest absolute Gasteiger partial charge is 0.317 e. The van der Waals surface area contributed by atoms with Crippen molar-refractivity contribution in [1.29, 1.82) is 0 Å². The van der Waals surface area contributed by atoms with Gasteiger partial charge in [0.1, 0.15) is 6.10 Å². The molecule has 0 radical (unpaired) electrons. The maximum atomic E-state index is 12.1. The topological polar surface area (TPSA) is 70.6 Å². The first kappa shape index (κ1) is 16.3. The van der Waals surface area contributed by atoms with Crippen molar-refractivity contribution in [2.75, 3.05) is 32.1 Å². The average Bonchev–Trinajstić information content (AvgIpc) is 2.85. The number of hydrogen-bond acceptors (Lipinski definition) is 5. The summed E-state index contributed by atoms with van der Waals surface area (Å²) in [6, 6.07) is -0.0493. The van der Waals surface area contributed by atoms with Crippen LogP contribution in [-0.4, -0.2) is 59.7 Å². The summed E-state index contributed by atoms with van der Waals surface area (Å²) in [7, 11) is 3.81. The number of aromatic nitrogens is 2. The average molecular weight is 307 g/mol. The van der Waals surface area contributed by atoms with Crippen LogP contribution in [0.25, 0.3) is 0 Å². The fourth-order valence-electron chi connectivity index (χ4n) is 2.19. The maximum absolute atomic E-state index is 12.1. The molecule has 1 unspecified atom stereocenters. The van der Waals surface area contributed by atoms with E-state index in [9.17, 15) is 4.79 Å². The van der Waals surface area contributed by atoms with Crippen LogP contribution in [-0.2, 0) is 0 Å². The zero-order valence-electron chi connectivity index (χ0n) is 14.0. The van der Waals surface area contributed by atoms with E-state index >= 15 is 0 Å². The first-order valence-corrected chi connectivity index (χ1v) is 7.48. The number of hydrogen-bond donors (Lipinski definition) is 1. The van der Waals surface area contributed by atoms with Crippen LogP contribution < -0.4 is 15.0 Å². The second-order valence-corrected chi connectivity index (χ2v) is 6.76. The molecule has 1 aliphatic heterocycles. The Morgan fingerprint density at radius 2 is 2.14 bits per heavy atom. The summed E-state index contributed by atoms with van der Waals surface area (Å²) in [5.74, 6) is 1.24. The highest BCUT2D eigenvalue weighted by Crippen LogP contribution is 2.18. The van der Waals surface area contributed by atoms with Gasteiger partial charge in [0, 0.05) is 32.6 Å². The zero-order chi connectivity index (χ0) is 16.3. The molecule has 1 aromatic heterocycles. The summed E-state index contributed by atoms with van der Waals surface area (Å²) in [6.07, 6.45) is 4.04. The molecule has 122 valence electrons. The Bertz CT molecular complexity index is 527. The molecular weight excluding hydrogens is 282 g/mol. The van der Waals surface area contributed by atoms with Gasteiger partial charge >= 0.3 is 6.03 Å². The summed E-state index contributed by atoms with van der Waals surface area (Å²) < 4.78 is 5.85. The van der Waals surface area contributed by atoms with Crippen molar-refractivity contribution in [2.45, 2.75) is 38.8 Å². The van der Waals surface area contributed by atoms with Crippen LogP contribution in [0.1, 0.15) is 27.2 Å². The molecular formula is C15H25N5O2. The fourth-order valence-corrected chi connectivity index (χ4v) is 2.19. The second-order valence-electron chi connectivity index (χ2n) is 6.76. The van der Waals surface area contributed by atoms with E-state index in [1.165, 1.54) is 0 Å². The molecule has 0 bridgehead atoms. The number of nitrogens with zero attached hydrogens (tertiary/aromatic N) is 4. The number of ether oxygens (including phenoxy) is 1. The zero-order valence-corrected chi connectivity index (χ0v) is 14.0. The summed E-state index contributed by atoms with van der Waals surface area (Å²) in [5, 5.41) is 2.97. The molecule has 22 heavy (non-hydrogen) atoms. The Balaban J connectivity index is 1.91. The fraction of sp³-hybridized carbons (Fsp3) is 0.667. The minimum absolute atomic E-state index is 0.0440. The van der Waals surface area contributed by atoms with Gasteiger partial charge in [-0.25, -0.2) is 4.79 Å². The van der Waals surface area contributed by atoms with Gasteiger partial charge in [0.15, 0.2) is 5.82 Å². The highest BCUT2D eigenvalue weighted by molar-refractivity contribution is 5.75. The Kier molecular flexibility index (Phi) is 4.73. The van der Waals surface area contributed by atoms with Crippen molar-refractivity contribution in [2.24, 2.45) is 0 Å². The molecule has 2 rings (SSSR count). The van der Waals surface area contributed by atoms with Crippen LogP contribution >= 0.6 is 0 Å². The molecule has 2 amide bonds. The number of anilines is 1. The van der Waals surface area contributed by atoms with Crippen LogP contribution in [0, 0.1) is 0 Å². The molecule has 1 atom stereocenters. The van der Waals surface area contributed by atoms with Gasteiger partial charge in [-0.3, -0.25) is 4.98 Å². The molecule has 2 heterocycles. The van der Waals surface area contributed by atoms with Gasteiger partial charge in [-0.15, -0.1) is 0 Å². The number of likely N-dealkylation sites (tertiary alicyclic amines) is 1. The largest absolute Gasteiger partial charge is 0.471 e. The molecule has 1 N–H and O–H groups in total.